The van der Waals surface area contributed by atoms with E-state index in [4.69, 9.17) is 0 Å². The minimum Gasteiger partial charge on any atom is -0.305 e. The molecule has 0 N–H and O–H groups in total. The van der Waals surface area contributed by atoms with Gasteiger partial charge in [-0.3, -0.25) is 4.39 Å². The fraction of sp³-hybridized carbons (Fsp3) is 0.300. The molecule has 0 atom stereocenters. The van der Waals surface area contributed by atoms with E-state index in [0.717, 1.165) is 35.4 Å². The Morgan fingerprint density at radius 1 is 0.891 bits per heavy atom. The zero-order valence-electron chi connectivity index (χ0n) is 28.1. The quantitative estimate of drug-likeness (QED) is 0.124. The number of pyridine rings is 2. The second-order valence-electron chi connectivity index (χ2n) is 14.5. The Hall–Kier alpha value is -3.02. The molecule has 0 aliphatic heterocycles. The summed E-state index contributed by atoms with van der Waals surface area (Å²) in [5.74, 6) is 0.340. The summed E-state index contributed by atoms with van der Waals surface area (Å²) in [6.45, 7) is 18.3. The van der Waals surface area contributed by atoms with Gasteiger partial charge in [0.05, 0.1) is 8.07 Å². The molecule has 6 rings (SSSR count). The van der Waals surface area contributed by atoms with Crippen molar-refractivity contribution in [2.24, 2.45) is 11.3 Å². The SMILES string of the molecule is CC(C)(C)Cc1ccnc(-c2[c-]ccc3c2sc2ccccc23)c1.CC(C)Cc1cc(-c2[c-]cc(F)cc2)ncc1[Si](C)(C)C.[Ir]. The van der Waals surface area contributed by atoms with Gasteiger partial charge in [0.1, 0.15) is 0 Å². The molecule has 46 heavy (non-hydrogen) atoms. The van der Waals surface area contributed by atoms with Crippen LogP contribution in [-0.2, 0) is 32.9 Å². The number of fused-ring (bicyclic) bond motifs is 3. The van der Waals surface area contributed by atoms with Crippen LogP contribution in [0, 0.1) is 29.3 Å². The molecule has 6 aromatic rings. The number of thiophene rings is 1. The summed E-state index contributed by atoms with van der Waals surface area (Å²) in [6.07, 6.45) is 6.05. The number of nitrogens with zero attached hydrogens (tertiary/aromatic N) is 2. The fourth-order valence-electron chi connectivity index (χ4n) is 5.71. The van der Waals surface area contributed by atoms with E-state index in [-0.39, 0.29) is 31.3 Å². The third-order valence-corrected chi connectivity index (χ3v) is 10.9. The first-order valence-electron chi connectivity index (χ1n) is 15.7. The van der Waals surface area contributed by atoms with Crippen LogP contribution in [-0.4, -0.2) is 18.0 Å². The normalized spacial score (nSPS) is 11.8. The second-order valence-corrected chi connectivity index (χ2v) is 20.6. The summed E-state index contributed by atoms with van der Waals surface area (Å²) < 4.78 is 15.6. The van der Waals surface area contributed by atoms with E-state index in [2.05, 4.69) is 125 Å². The molecule has 2 nitrogen and oxygen atoms in total. The van der Waals surface area contributed by atoms with Crippen molar-refractivity contribution >= 4 is 44.8 Å². The van der Waals surface area contributed by atoms with Gasteiger partial charge >= 0.3 is 0 Å². The van der Waals surface area contributed by atoms with Crippen LogP contribution in [0.3, 0.4) is 0 Å². The monoisotopic (exact) mass is 823 g/mol. The Balaban J connectivity index is 0.000000207. The first-order valence-corrected chi connectivity index (χ1v) is 20.0. The molecule has 241 valence electrons. The van der Waals surface area contributed by atoms with E-state index in [1.807, 2.05) is 29.8 Å². The van der Waals surface area contributed by atoms with Gasteiger partial charge in [0.25, 0.3) is 0 Å². The van der Waals surface area contributed by atoms with Crippen molar-refractivity contribution in [3.05, 3.63) is 114 Å². The molecule has 3 aromatic carbocycles. The van der Waals surface area contributed by atoms with Crippen molar-refractivity contribution in [1.29, 1.82) is 0 Å². The molecule has 0 saturated carbocycles. The average Bonchev–Trinajstić information content (AvgIpc) is 3.35. The van der Waals surface area contributed by atoms with Crippen LogP contribution in [0.15, 0.2) is 85.2 Å². The maximum Gasteiger partial charge on any atom is 0.0798 e. The van der Waals surface area contributed by atoms with Gasteiger partial charge < -0.3 is 9.97 Å². The van der Waals surface area contributed by atoms with Crippen LogP contribution in [0.2, 0.25) is 19.6 Å². The van der Waals surface area contributed by atoms with E-state index in [9.17, 15) is 4.39 Å². The minimum atomic E-state index is -1.41. The summed E-state index contributed by atoms with van der Waals surface area (Å²) >= 11 is 1.83. The third-order valence-electron chi connectivity index (χ3n) is 7.63. The van der Waals surface area contributed by atoms with Crippen molar-refractivity contribution in [1.82, 2.24) is 9.97 Å². The number of aromatic nitrogens is 2. The van der Waals surface area contributed by atoms with Gasteiger partial charge in [0.15, 0.2) is 0 Å². The van der Waals surface area contributed by atoms with Crippen LogP contribution >= 0.6 is 11.3 Å². The summed E-state index contributed by atoms with van der Waals surface area (Å²) in [4.78, 5) is 9.23. The number of rotatable bonds is 6. The predicted molar refractivity (Wildman–Crippen MR) is 195 cm³/mol. The molecule has 0 unspecified atom stereocenters. The van der Waals surface area contributed by atoms with Gasteiger partial charge in [-0.25, -0.2) is 0 Å². The zero-order chi connectivity index (χ0) is 32.4. The number of hydrogen-bond donors (Lipinski definition) is 0. The predicted octanol–water partition coefficient (Wildman–Crippen LogP) is 10.9. The van der Waals surface area contributed by atoms with Crippen LogP contribution < -0.4 is 5.19 Å². The van der Waals surface area contributed by atoms with Gasteiger partial charge in [0.2, 0.25) is 0 Å². The standard InChI is InChI=1S/C22H20NS.C18H23FNSi.Ir/c1-22(2,3)14-15-11-12-23-19(13-15)18-9-6-8-17-16-7-4-5-10-20(16)24-21(17)18;1-13(2)10-15-11-17(14-6-8-16(19)9-7-14)20-12-18(15)21(3,4)5;/h4-8,10-13H,14H2,1-3H3;6,8-9,11-13H,10H2,1-5H3;/q2*-1;. The van der Waals surface area contributed by atoms with Gasteiger partial charge in [-0.15, -0.1) is 53.6 Å². The van der Waals surface area contributed by atoms with Crippen LogP contribution in [0.1, 0.15) is 45.7 Å². The third kappa shape index (κ3) is 8.86. The molecule has 3 aromatic heterocycles. The molecule has 1 radical (unpaired) electrons. The fourth-order valence-corrected chi connectivity index (χ4v) is 8.51. The molecule has 3 heterocycles. The van der Waals surface area contributed by atoms with E-state index >= 15 is 0 Å². The van der Waals surface area contributed by atoms with Gasteiger partial charge in [-0.1, -0.05) is 101 Å². The van der Waals surface area contributed by atoms with E-state index in [0.29, 0.717) is 5.92 Å². The summed E-state index contributed by atoms with van der Waals surface area (Å²) in [6, 6.07) is 30.2. The van der Waals surface area contributed by atoms with Gasteiger partial charge in [-0.2, -0.15) is 11.3 Å². The molecular weight excluding hydrogens is 780 g/mol. The smallest absolute Gasteiger partial charge is 0.0798 e. The van der Waals surface area contributed by atoms with Crippen LogP contribution in [0.5, 0.6) is 0 Å². The van der Waals surface area contributed by atoms with Gasteiger partial charge in [0, 0.05) is 43.0 Å². The van der Waals surface area contributed by atoms with Crippen molar-refractivity contribution in [3.63, 3.8) is 0 Å². The molecular formula is C40H43FIrN2SSi-2. The van der Waals surface area contributed by atoms with Gasteiger partial charge in [-0.05, 0) is 63.0 Å². The van der Waals surface area contributed by atoms with Crippen molar-refractivity contribution in [3.8, 4) is 22.5 Å². The molecule has 0 aliphatic carbocycles. The van der Waals surface area contributed by atoms with Crippen molar-refractivity contribution in [2.45, 2.75) is 67.1 Å². The number of hydrogen-bond acceptors (Lipinski definition) is 3. The van der Waals surface area contributed by atoms with E-state index in [1.165, 1.54) is 48.6 Å². The molecule has 0 bridgehead atoms. The summed E-state index contributed by atoms with van der Waals surface area (Å²) in [5, 5.41) is 4.04. The topological polar surface area (TPSA) is 25.8 Å². The summed E-state index contributed by atoms with van der Waals surface area (Å²) in [7, 11) is -1.41. The van der Waals surface area contributed by atoms with E-state index in [1.54, 1.807) is 6.07 Å². The maximum atomic E-state index is 13.0. The largest absolute Gasteiger partial charge is 0.305 e. The second kappa shape index (κ2) is 14.8. The molecule has 0 saturated heterocycles. The van der Waals surface area contributed by atoms with E-state index < -0.39 is 8.07 Å². The Morgan fingerprint density at radius 2 is 1.65 bits per heavy atom. The first-order chi connectivity index (χ1) is 21.3. The Bertz CT molecular complexity index is 1920. The minimum absolute atomic E-state index is 0. The van der Waals surface area contributed by atoms with Crippen LogP contribution in [0.25, 0.3) is 42.7 Å². The Kier molecular flexibility index (Phi) is 11.5. The molecule has 0 spiro atoms. The van der Waals surface area contributed by atoms with Crippen molar-refractivity contribution < 1.29 is 24.5 Å². The molecule has 0 aliphatic rings. The molecule has 6 heteroatoms. The number of benzene rings is 3. The molecule has 0 amide bonds. The summed E-state index contributed by atoms with van der Waals surface area (Å²) in [5.41, 5.74) is 6.85. The number of halogens is 1. The Labute approximate surface area is 292 Å². The zero-order valence-corrected chi connectivity index (χ0v) is 32.3. The first kappa shape index (κ1) is 35.8. The molecule has 0 fully saturated rings. The average molecular weight is 823 g/mol. The maximum absolute atomic E-state index is 13.0. The van der Waals surface area contributed by atoms with Crippen molar-refractivity contribution in [2.75, 3.05) is 0 Å². The Morgan fingerprint density at radius 3 is 2.33 bits per heavy atom. The van der Waals surface area contributed by atoms with Crippen LogP contribution in [0.4, 0.5) is 4.39 Å².